The highest BCUT2D eigenvalue weighted by Gasteiger charge is 2.16. The highest BCUT2D eigenvalue weighted by molar-refractivity contribution is 5.79. The molecule has 1 aliphatic rings. The summed E-state index contributed by atoms with van der Waals surface area (Å²) in [7, 11) is 0. The molecule has 1 unspecified atom stereocenters. The Morgan fingerprint density at radius 2 is 2.28 bits per heavy atom. The van der Waals surface area contributed by atoms with E-state index in [9.17, 15) is 4.79 Å². The van der Waals surface area contributed by atoms with E-state index in [1.165, 1.54) is 0 Å². The van der Waals surface area contributed by atoms with E-state index < -0.39 is 0 Å². The second-order valence-electron chi connectivity index (χ2n) is 4.59. The summed E-state index contributed by atoms with van der Waals surface area (Å²) >= 11 is 0. The molecule has 0 spiro atoms. The molecule has 6 nitrogen and oxygen atoms in total. The Kier molecular flexibility index (Phi) is 7.17. The molecule has 18 heavy (non-hydrogen) atoms. The van der Waals surface area contributed by atoms with Gasteiger partial charge < -0.3 is 21.0 Å². The van der Waals surface area contributed by atoms with Crippen LogP contribution in [0.25, 0.3) is 0 Å². The van der Waals surface area contributed by atoms with Crippen molar-refractivity contribution in [3.8, 4) is 0 Å². The first-order valence-corrected chi connectivity index (χ1v) is 6.57. The van der Waals surface area contributed by atoms with Gasteiger partial charge in [0.25, 0.3) is 0 Å². The van der Waals surface area contributed by atoms with Crippen molar-refractivity contribution >= 4 is 11.7 Å². The zero-order valence-corrected chi connectivity index (χ0v) is 10.7. The number of nitrogens with zero attached hydrogens (tertiary/aromatic N) is 1. The standard InChI is InChI=1S/C12H23N3O3/c13-11(15-17)6-1-3-7-14-12(16)9-10-5-2-4-8-18-10/h10,17H,1-9H2,(H2,13,15)(H,14,16). The molecule has 1 aliphatic heterocycles. The maximum absolute atomic E-state index is 11.6. The number of oxime groups is 1. The molecule has 1 fully saturated rings. The number of carbonyl (C=O) groups excluding carboxylic acids is 1. The van der Waals surface area contributed by atoms with E-state index in [-0.39, 0.29) is 17.8 Å². The van der Waals surface area contributed by atoms with Gasteiger partial charge in [-0.3, -0.25) is 4.79 Å². The van der Waals surface area contributed by atoms with Gasteiger partial charge in [-0.2, -0.15) is 0 Å². The predicted molar refractivity (Wildman–Crippen MR) is 68.5 cm³/mol. The second-order valence-corrected chi connectivity index (χ2v) is 4.59. The van der Waals surface area contributed by atoms with Crippen LogP contribution in [0.1, 0.15) is 44.9 Å². The largest absolute Gasteiger partial charge is 0.409 e. The van der Waals surface area contributed by atoms with Crippen LogP contribution in [0.4, 0.5) is 0 Å². The molecule has 0 radical (unpaired) electrons. The number of hydrogen-bond donors (Lipinski definition) is 3. The summed E-state index contributed by atoms with van der Waals surface area (Å²) in [6.45, 7) is 1.40. The molecular formula is C12H23N3O3. The van der Waals surface area contributed by atoms with E-state index in [4.69, 9.17) is 15.7 Å². The van der Waals surface area contributed by atoms with Crippen molar-refractivity contribution in [2.75, 3.05) is 13.2 Å². The monoisotopic (exact) mass is 257 g/mol. The van der Waals surface area contributed by atoms with Gasteiger partial charge >= 0.3 is 0 Å². The van der Waals surface area contributed by atoms with Gasteiger partial charge in [-0.1, -0.05) is 5.16 Å². The van der Waals surface area contributed by atoms with E-state index in [2.05, 4.69) is 10.5 Å². The minimum absolute atomic E-state index is 0.0469. The van der Waals surface area contributed by atoms with Crippen molar-refractivity contribution in [3.63, 3.8) is 0 Å². The molecule has 4 N–H and O–H groups in total. The predicted octanol–water partition coefficient (Wildman–Crippen LogP) is 0.978. The van der Waals surface area contributed by atoms with Gasteiger partial charge in [0, 0.05) is 19.6 Å². The van der Waals surface area contributed by atoms with Crippen molar-refractivity contribution in [1.29, 1.82) is 0 Å². The normalized spacial score (nSPS) is 20.7. The molecule has 1 heterocycles. The van der Waals surface area contributed by atoms with Crippen molar-refractivity contribution in [3.05, 3.63) is 0 Å². The number of amides is 1. The van der Waals surface area contributed by atoms with Crippen molar-refractivity contribution < 1.29 is 14.7 Å². The number of ether oxygens (including phenoxy) is 1. The summed E-state index contributed by atoms with van der Waals surface area (Å²) in [6, 6.07) is 0. The van der Waals surface area contributed by atoms with E-state index in [0.717, 1.165) is 38.7 Å². The third-order valence-electron chi connectivity index (χ3n) is 3.00. The van der Waals surface area contributed by atoms with E-state index in [1.54, 1.807) is 0 Å². The van der Waals surface area contributed by atoms with Crippen LogP contribution in [0.3, 0.4) is 0 Å². The van der Waals surface area contributed by atoms with Gasteiger partial charge in [0.1, 0.15) is 5.84 Å². The lowest BCUT2D eigenvalue weighted by atomic mass is 10.1. The molecule has 1 atom stereocenters. The molecule has 104 valence electrons. The highest BCUT2D eigenvalue weighted by atomic mass is 16.5. The topological polar surface area (TPSA) is 96.9 Å². The first-order chi connectivity index (χ1) is 8.72. The number of hydrogen-bond acceptors (Lipinski definition) is 4. The van der Waals surface area contributed by atoms with Crippen molar-refractivity contribution in [2.24, 2.45) is 10.9 Å². The fourth-order valence-electron chi connectivity index (χ4n) is 1.96. The lowest BCUT2D eigenvalue weighted by molar-refractivity contribution is -0.124. The molecule has 1 rings (SSSR count). The Bertz CT molecular complexity index is 276. The van der Waals surface area contributed by atoms with Crippen LogP contribution < -0.4 is 11.1 Å². The molecule has 0 aromatic rings. The molecule has 0 aromatic heterocycles. The van der Waals surface area contributed by atoms with Crippen LogP contribution in [0.15, 0.2) is 5.16 Å². The summed E-state index contributed by atoms with van der Waals surface area (Å²) in [5.41, 5.74) is 5.33. The first-order valence-electron chi connectivity index (χ1n) is 6.57. The Balaban J connectivity index is 1.99. The summed E-state index contributed by atoms with van der Waals surface area (Å²) in [4.78, 5) is 11.6. The number of carbonyl (C=O) groups is 1. The molecule has 1 saturated heterocycles. The third-order valence-corrected chi connectivity index (χ3v) is 3.00. The van der Waals surface area contributed by atoms with Crippen LogP contribution in [-0.2, 0) is 9.53 Å². The SMILES string of the molecule is NC(CCCCNC(=O)CC1CCCCO1)=NO. The Morgan fingerprint density at radius 1 is 1.44 bits per heavy atom. The average Bonchev–Trinajstić information content (AvgIpc) is 2.39. The molecular weight excluding hydrogens is 234 g/mol. The molecule has 0 saturated carbocycles. The summed E-state index contributed by atoms with van der Waals surface area (Å²) in [5, 5.41) is 14.1. The van der Waals surface area contributed by atoms with Crippen LogP contribution in [0.2, 0.25) is 0 Å². The Hall–Kier alpha value is -1.30. The van der Waals surface area contributed by atoms with Gasteiger partial charge in [-0.15, -0.1) is 0 Å². The number of amidine groups is 1. The average molecular weight is 257 g/mol. The zero-order valence-electron chi connectivity index (χ0n) is 10.7. The van der Waals surface area contributed by atoms with Gasteiger partial charge in [-0.25, -0.2) is 0 Å². The maximum Gasteiger partial charge on any atom is 0.222 e. The quantitative estimate of drug-likeness (QED) is 0.208. The summed E-state index contributed by atoms with van der Waals surface area (Å²) in [5.74, 6) is 0.280. The van der Waals surface area contributed by atoms with Crippen LogP contribution in [0.5, 0.6) is 0 Å². The first kappa shape index (κ1) is 14.8. The molecule has 1 amide bonds. The van der Waals surface area contributed by atoms with Crippen molar-refractivity contribution in [2.45, 2.75) is 51.0 Å². The minimum atomic E-state index is 0.0469. The van der Waals surface area contributed by atoms with E-state index in [0.29, 0.717) is 19.4 Å². The number of rotatable bonds is 7. The molecule has 0 bridgehead atoms. The zero-order chi connectivity index (χ0) is 13.2. The molecule has 0 aliphatic carbocycles. The lowest BCUT2D eigenvalue weighted by Gasteiger charge is -2.21. The van der Waals surface area contributed by atoms with E-state index >= 15 is 0 Å². The van der Waals surface area contributed by atoms with Gasteiger partial charge in [0.2, 0.25) is 5.91 Å². The second kappa shape index (κ2) is 8.74. The molecule has 0 aromatic carbocycles. The number of unbranched alkanes of at least 4 members (excludes halogenated alkanes) is 1. The summed E-state index contributed by atoms with van der Waals surface area (Å²) in [6.07, 6.45) is 5.97. The smallest absolute Gasteiger partial charge is 0.222 e. The fourth-order valence-corrected chi connectivity index (χ4v) is 1.96. The van der Waals surface area contributed by atoms with E-state index in [1.807, 2.05) is 0 Å². The Labute approximate surface area is 108 Å². The Morgan fingerprint density at radius 3 is 2.94 bits per heavy atom. The highest BCUT2D eigenvalue weighted by Crippen LogP contribution is 2.15. The molecule has 6 heteroatoms. The van der Waals surface area contributed by atoms with Gasteiger partial charge in [0.15, 0.2) is 0 Å². The lowest BCUT2D eigenvalue weighted by Crippen LogP contribution is -2.31. The fraction of sp³-hybridized carbons (Fsp3) is 0.833. The number of nitrogens with two attached hydrogens (primary N) is 1. The van der Waals surface area contributed by atoms with Crippen molar-refractivity contribution in [1.82, 2.24) is 5.32 Å². The van der Waals surface area contributed by atoms with Crippen LogP contribution in [0, 0.1) is 0 Å². The van der Waals surface area contributed by atoms with Gasteiger partial charge in [0.05, 0.1) is 12.5 Å². The number of nitrogens with one attached hydrogen (secondary N) is 1. The van der Waals surface area contributed by atoms with Gasteiger partial charge in [-0.05, 0) is 32.1 Å². The summed E-state index contributed by atoms with van der Waals surface area (Å²) < 4.78 is 5.50. The maximum atomic E-state index is 11.6. The minimum Gasteiger partial charge on any atom is -0.409 e. The third kappa shape index (κ3) is 6.44. The van der Waals surface area contributed by atoms with Crippen LogP contribution in [-0.4, -0.2) is 36.2 Å². The van der Waals surface area contributed by atoms with Crippen LogP contribution >= 0.6 is 0 Å².